The molecule has 0 amide bonds. The van der Waals surface area contributed by atoms with E-state index in [1.807, 2.05) is 5.57 Å². The summed E-state index contributed by atoms with van der Waals surface area (Å²) in [5.74, 6) is 0.790. The summed E-state index contributed by atoms with van der Waals surface area (Å²) >= 11 is 0.0149. The Bertz CT molecular complexity index is 251. The Balaban J connectivity index is 0.000000980. The van der Waals surface area contributed by atoms with Gasteiger partial charge in [0, 0.05) is 0 Å². The van der Waals surface area contributed by atoms with Gasteiger partial charge in [0.2, 0.25) is 0 Å². The number of hydrogen-bond donors (Lipinski definition) is 0. The van der Waals surface area contributed by atoms with Gasteiger partial charge in [-0.3, -0.25) is 0 Å². The van der Waals surface area contributed by atoms with Gasteiger partial charge in [-0.1, -0.05) is 0 Å². The van der Waals surface area contributed by atoms with Crippen LogP contribution in [0.3, 0.4) is 0 Å². The van der Waals surface area contributed by atoms with Gasteiger partial charge in [-0.2, -0.15) is 0 Å². The van der Waals surface area contributed by atoms with Crippen LogP contribution in [0.25, 0.3) is 0 Å². The van der Waals surface area contributed by atoms with Crippen LogP contribution in [0.1, 0.15) is 19.3 Å². The molecule has 0 heterocycles. The topological polar surface area (TPSA) is 0 Å². The van der Waals surface area contributed by atoms with E-state index in [1.54, 1.807) is 6.42 Å². The van der Waals surface area contributed by atoms with Crippen molar-refractivity contribution < 1.29 is 47.2 Å². The van der Waals surface area contributed by atoms with E-state index in [0.717, 1.165) is 9.54 Å². The molecule has 0 aromatic heterocycles. The molecule has 1 saturated carbocycles. The molecule has 2 aliphatic rings. The van der Waals surface area contributed by atoms with Gasteiger partial charge in [0.05, 0.1) is 0 Å². The molecule has 0 aliphatic heterocycles. The summed E-state index contributed by atoms with van der Waals surface area (Å²) in [5, 5.41) is 0. The Morgan fingerprint density at radius 2 is 2.00 bits per heavy atom. The van der Waals surface area contributed by atoms with Gasteiger partial charge in [0.1, 0.15) is 0 Å². The summed E-state index contributed by atoms with van der Waals surface area (Å²) in [6.45, 7) is 5.11. The predicted octanol–water partition coefficient (Wildman–Crippen LogP) is -2.85. The van der Waals surface area contributed by atoms with E-state index in [9.17, 15) is 0 Å². The number of hydrogen-bond acceptors (Lipinski definition) is 0. The molecule has 2 rings (SSSR count). The first kappa shape index (κ1) is 16.2. The number of fused-ring (bicyclic) bond motifs is 1. The van der Waals surface area contributed by atoms with Crippen LogP contribution in [0.2, 0.25) is 16.7 Å². The van der Waals surface area contributed by atoms with Crippen LogP contribution in [0.4, 0.5) is 0 Å². The van der Waals surface area contributed by atoms with Gasteiger partial charge in [0.15, 0.2) is 0 Å². The zero-order chi connectivity index (χ0) is 9.26. The second-order valence-corrected chi connectivity index (χ2v) is 19.8. The van der Waals surface area contributed by atoms with Crippen molar-refractivity contribution in [1.29, 1.82) is 0 Å². The second kappa shape index (κ2) is 7.48. The summed E-state index contributed by atoms with van der Waals surface area (Å²) in [6.07, 6.45) is 11.5. The average molecular weight is 340 g/mol. The van der Waals surface area contributed by atoms with E-state index in [2.05, 4.69) is 31.3 Å². The molecule has 0 nitrogen and oxygen atoms in total. The van der Waals surface area contributed by atoms with Crippen LogP contribution < -0.4 is 24.8 Å². The normalized spacial score (nSPS) is 27.3. The number of allylic oxidation sites excluding steroid dienone is 4. The largest absolute Gasteiger partial charge is 1.00 e. The van der Waals surface area contributed by atoms with Crippen molar-refractivity contribution >= 4 is 5.92 Å². The molecule has 2 aliphatic carbocycles. The Morgan fingerprint density at radius 3 is 2.67 bits per heavy atom. The molecule has 84 valence electrons. The van der Waals surface area contributed by atoms with E-state index in [0.29, 0.717) is 0 Å². The first-order valence-electron chi connectivity index (χ1n) is 5.40. The predicted molar refractivity (Wildman–Crippen MR) is 57.2 cm³/mol. The van der Waals surface area contributed by atoms with Crippen LogP contribution in [0.5, 0.6) is 0 Å². The molecule has 2 unspecified atom stereocenters. The fourth-order valence-corrected chi connectivity index (χ4v) is 13.5. The van der Waals surface area contributed by atoms with Crippen molar-refractivity contribution in [2.75, 3.05) is 0 Å². The zero-order valence-electron chi connectivity index (χ0n) is 9.34. The average Bonchev–Trinajstić information content (AvgIpc) is 2.48. The molecule has 0 aromatic carbocycles. The molecule has 4 heteroatoms. The SMILES string of the molecule is C[SiH](C)[Zr+2][CH]1CCC2CC=CC=C21.[Cl-].[Cl-]. The van der Waals surface area contributed by atoms with E-state index in [1.165, 1.54) is 12.8 Å². The molecule has 1 fully saturated rings. The Hall–Kier alpha value is 1.16. The zero-order valence-corrected chi connectivity index (χ0v) is 14.5. The third kappa shape index (κ3) is 4.15. The summed E-state index contributed by atoms with van der Waals surface area (Å²) in [7, 11) is 0. The van der Waals surface area contributed by atoms with Gasteiger partial charge in [-0.15, -0.1) is 0 Å². The molecule has 0 aromatic rings. The van der Waals surface area contributed by atoms with Crippen molar-refractivity contribution in [2.45, 2.75) is 36.0 Å². The molecule has 15 heavy (non-hydrogen) atoms. The fourth-order valence-electron chi connectivity index (χ4n) is 2.50. The van der Waals surface area contributed by atoms with Crippen molar-refractivity contribution in [2.24, 2.45) is 5.92 Å². The van der Waals surface area contributed by atoms with Gasteiger partial charge < -0.3 is 24.8 Å². The summed E-state index contributed by atoms with van der Waals surface area (Å²) in [4.78, 5) is 0. The molecular weight excluding hydrogens is 322 g/mol. The molecule has 0 spiro atoms. The minimum Gasteiger partial charge on any atom is -1.00 e. The molecular formula is C11H18Cl2SiZr. The first-order valence-corrected chi connectivity index (χ1v) is 14.0. The maximum atomic E-state index is 2.55. The van der Waals surface area contributed by atoms with Crippen molar-refractivity contribution in [3.05, 3.63) is 23.8 Å². The van der Waals surface area contributed by atoms with Crippen LogP contribution in [-0.2, 0) is 22.4 Å². The van der Waals surface area contributed by atoms with Crippen LogP contribution in [0.15, 0.2) is 23.8 Å². The minimum atomic E-state index is -0.185. The number of rotatable bonds is 2. The first-order chi connectivity index (χ1) is 6.27. The van der Waals surface area contributed by atoms with Crippen molar-refractivity contribution in [3.63, 3.8) is 0 Å². The molecule has 2 atom stereocenters. The van der Waals surface area contributed by atoms with E-state index < -0.39 is 0 Å². The van der Waals surface area contributed by atoms with Gasteiger partial charge >= 0.3 is 94.0 Å². The molecule has 0 saturated heterocycles. The molecule has 0 radical (unpaired) electrons. The summed E-state index contributed by atoms with van der Waals surface area (Å²) < 4.78 is 1.14. The van der Waals surface area contributed by atoms with Crippen LogP contribution in [0, 0.1) is 5.92 Å². The van der Waals surface area contributed by atoms with Crippen molar-refractivity contribution in [3.8, 4) is 0 Å². The molecule has 0 N–H and O–H groups in total. The van der Waals surface area contributed by atoms with Gasteiger partial charge in [0.25, 0.3) is 0 Å². The Kier molecular flexibility index (Phi) is 8.06. The Labute approximate surface area is 118 Å². The van der Waals surface area contributed by atoms with Gasteiger partial charge in [-0.25, -0.2) is 0 Å². The summed E-state index contributed by atoms with van der Waals surface area (Å²) in [6, 6.07) is 0. The van der Waals surface area contributed by atoms with E-state index >= 15 is 0 Å². The van der Waals surface area contributed by atoms with Crippen LogP contribution in [-0.4, -0.2) is 5.92 Å². The maximum Gasteiger partial charge on any atom is -1.00 e. The monoisotopic (exact) mass is 338 g/mol. The van der Waals surface area contributed by atoms with Gasteiger partial charge in [-0.05, 0) is 0 Å². The van der Waals surface area contributed by atoms with E-state index in [4.69, 9.17) is 0 Å². The van der Waals surface area contributed by atoms with Crippen molar-refractivity contribution in [1.82, 2.24) is 0 Å². The Morgan fingerprint density at radius 1 is 1.27 bits per heavy atom. The molecule has 0 bridgehead atoms. The minimum absolute atomic E-state index is 0. The fraction of sp³-hybridized carbons (Fsp3) is 0.636. The van der Waals surface area contributed by atoms with Crippen LogP contribution >= 0.6 is 0 Å². The number of halogens is 2. The third-order valence-corrected chi connectivity index (χ3v) is 13.5. The second-order valence-electron chi connectivity index (χ2n) is 4.48. The summed E-state index contributed by atoms with van der Waals surface area (Å²) in [5.41, 5.74) is 1.87. The van der Waals surface area contributed by atoms with E-state index in [-0.39, 0.29) is 53.1 Å². The smallest absolute Gasteiger partial charge is 1.00 e. The maximum absolute atomic E-state index is 2.55. The quantitative estimate of drug-likeness (QED) is 0.475. The standard InChI is InChI=1S/C9H11.C2H7Si.2ClH.Zr/c1-2-5-9-7-3-6-8(9)4-1;1-3-2;;;/h1-2,4,6,9H,3,5,7H2;3H,1-2H3;2*1H;/q;;;;+2/p-2. The third-order valence-electron chi connectivity index (χ3n) is 3.06.